The maximum Gasteiger partial charge on any atom is 0.221 e. The average Bonchev–Trinajstić information content (AvgIpc) is 2.78. The molecule has 0 saturated heterocycles. The number of aromatic nitrogens is 1. The number of carbonyl (C=O) groups excluding carboxylic acids is 1. The Bertz CT molecular complexity index is 717. The Balaban J connectivity index is 2.48. The van der Waals surface area contributed by atoms with Crippen molar-refractivity contribution in [3.63, 3.8) is 0 Å². The van der Waals surface area contributed by atoms with E-state index < -0.39 is 11.6 Å². The molecule has 1 N–H and O–H groups in total. The molecular weight excluding hydrogens is 325 g/mol. The molecule has 4 nitrogen and oxygen atoms in total. The van der Waals surface area contributed by atoms with Gasteiger partial charge in [0.05, 0.1) is 10.2 Å². The van der Waals surface area contributed by atoms with Crippen molar-refractivity contribution in [3.05, 3.63) is 46.0 Å². The van der Waals surface area contributed by atoms with Crippen molar-refractivity contribution in [1.29, 1.82) is 5.26 Å². The van der Waals surface area contributed by atoms with Crippen LogP contribution < -0.4 is 0 Å². The summed E-state index contributed by atoms with van der Waals surface area (Å²) in [6, 6.07) is 6.29. The van der Waals surface area contributed by atoms with E-state index in [0.29, 0.717) is 15.4 Å². The molecule has 6 heteroatoms. The molecule has 1 heterocycles. The predicted molar refractivity (Wildman–Crippen MR) is 77.7 cm³/mol. The number of nitriles is 1. The van der Waals surface area contributed by atoms with E-state index in [1.807, 2.05) is 6.07 Å². The second-order valence-corrected chi connectivity index (χ2v) is 5.34. The summed E-state index contributed by atoms with van der Waals surface area (Å²) in [5.74, 6) is -0.825. The zero-order valence-electron chi connectivity index (χ0n) is 10.9. The van der Waals surface area contributed by atoms with Gasteiger partial charge in [-0.1, -0.05) is 0 Å². The summed E-state index contributed by atoms with van der Waals surface area (Å²) in [5.41, 5.74) is 0.900. The van der Waals surface area contributed by atoms with Crippen LogP contribution in [-0.2, 0) is 0 Å². The molecule has 1 aromatic heterocycles. The topological polar surface area (TPSA) is 59.9 Å². The van der Waals surface area contributed by atoms with Gasteiger partial charge in [0.25, 0.3) is 0 Å². The Labute approximate surface area is 123 Å². The van der Waals surface area contributed by atoms with E-state index in [1.54, 1.807) is 25.1 Å². The minimum atomic E-state index is -0.422. The summed E-state index contributed by atoms with van der Waals surface area (Å²) >= 11 is 3.09. The fourth-order valence-corrected chi connectivity index (χ4v) is 2.13. The van der Waals surface area contributed by atoms with Gasteiger partial charge in [-0.05, 0) is 34.1 Å². The first kappa shape index (κ1) is 14.3. The van der Waals surface area contributed by atoms with Crippen molar-refractivity contribution in [2.75, 3.05) is 14.1 Å². The molecule has 0 bridgehead atoms. The van der Waals surface area contributed by atoms with Gasteiger partial charge in [0.1, 0.15) is 17.5 Å². The zero-order valence-corrected chi connectivity index (χ0v) is 12.5. The molecule has 0 saturated carbocycles. The number of hydrogen-bond acceptors (Lipinski definition) is 3. The van der Waals surface area contributed by atoms with E-state index in [0.717, 1.165) is 0 Å². The number of Topliss-reactive ketones (excluding diaryl/α,β-unsaturated/α-hetero) is 1. The van der Waals surface area contributed by atoms with Crippen LogP contribution in [0.4, 0.5) is 4.39 Å². The number of fused-ring (bicyclic) bond motifs is 1. The smallest absolute Gasteiger partial charge is 0.221 e. The first-order valence-corrected chi connectivity index (χ1v) is 6.52. The number of H-pyrrole nitrogens is 1. The summed E-state index contributed by atoms with van der Waals surface area (Å²) in [7, 11) is 3.45. The largest absolute Gasteiger partial charge is 0.382 e. The standard InChI is InChI=1S/C14H11BrFN3O/c1-19(2)7-9(6-17)14(20)13-4-8-3-11(16)10(15)5-12(8)18-13/h3-5,7,18H,1-2H3/b9-7+. The van der Waals surface area contributed by atoms with E-state index in [9.17, 15) is 9.18 Å². The van der Waals surface area contributed by atoms with Crippen molar-refractivity contribution in [3.8, 4) is 6.07 Å². The third-order valence-corrected chi connectivity index (χ3v) is 3.27. The number of carbonyl (C=O) groups is 1. The molecular formula is C14H11BrFN3O. The minimum Gasteiger partial charge on any atom is -0.382 e. The van der Waals surface area contributed by atoms with Gasteiger partial charge in [-0.3, -0.25) is 4.79 Å². The van der Waals surface area contributed by atoms with E-state index in [-0.39, 0.29) is 11.3 Å². The second kappa shape index (κ2) is 5.47. The van der Waals surface area contributed by atoms with Crippen LogP contribution in [0.25, 0.3) is 10.9 Å². The normalized spacial score (nSPS) is 11.4. The van der Waals surface area contributed by atoms with Crippen LogP contribution in [0.15, 0.2) is 34.4 Å². The van der Waals surface area contributed by atoms with Gasteiger partial charge in [-0.25, -0.2) is 4.39 Å². The highest BCUT2D eigenvalue weighted by Crippen LogP contribution is 2.24. The number of rotatable bonds is 3. The van der Waals surface area contributed by atoms with Gasteiger partial charge in [0, 0.05) is 31.2 Å². The lowest BCUT2D eigenvalue weighted by Gasteiger charge is -2.04. The molecule has 2 rings (SSSR count). The Morgan fingerprint density at radius 2 is 2.15 bits per heavy atom. The highest BCUT2D eigenvalue weighted by molar-refractivity contribution is 9.10. The number of benzene rings is 1. The zero-order chi connectivity index (χ0) is 14.9. The first-order chi connectivity index (χ1) is 9.42. The molecule has 0 aliphatic heterocycles. The van der Waals surface area contributed by atoms with Crippen molar-refractivity contribution in [1.82, 2.24) is 9.88 Å². The monoisotopic (exact) mass is 335 g/mol. The number of aromatic amines is 1. The molecule has 0 spiro atoms. The molecule has 0 fully saturated rings. The second-order valence-electron chi connectivity index (χ2n) is 4.48. The Morgan fingerprint density at radius 3 is 2.75 bits per heavy atom. The maximum absolute atomic E-state index is 13.4. The first-order valence-electron chi connectivity index (χ1n) is 5.73. The maximum atomic E-state index is 13.4. The molecule has 0 atom stereocenters. The van der Waals surface area contributed by atoms with E-state index in [1.165, 1.54) is 18.3 Å². The molecule has 102 valence electrons. The lowest BCUT2D eigenvalue weighted by atomic mass is 10.1. The summed E-state index contributed by atoms with van der Waals surface area (Å²) < 4.78 is 13.8. The molecule has 0 amide bonds. The van der Waals surface area contributed by atoms with Crippen LogP contribution >= 0.6 is 15.9 Å². The third kappa shape index (κ3) is 2.73. The molecule has 1 aromatic carbocycles. The molecule has 0 aliphatic carbocycles. The SMILES string of the molecule is CN(C)/C=C(\C#N)C(=O)c1cc2cc(F)c(Br)cc2[nH]1. The van der Waals surface area contributed by atoms with Crippen LogP contribution in [0.3, 0.4) is 0 Å². The molecule has 2 aromatic rings. The Morgan fingerprint density at radius 1 is 1.45 bits per heavy atom. The third-order valence-electron chi connectivity index (χ3n) is 2.66. The number of nitrogens with one attached hydrogen (secondary N) is 1. The molecule has 0 radical (unpaired) electrons. The van der Waals surface area contributed by atoms with E-state index in [4.69, 9.17) is 5.26 Å². The van der Waals surface area contributed by atoms with Crippen molar-refractivity contribution in [2.45, 2.75) is 0 Å². The van der Waals surface area contributed by atoms with Gasteiger partial charge in [-0.15, -0.1) is 0 Å². The van der Waals surface area contributed by atoms with Gasteiger partial charge in [0.2, 0.25) is 5.78 Å². The molecule has 20 heavy (non-hydrogen) atoms. The van der Waals surface area contributed by atoms with Gasteiger partial charge in [-0.2, -0.15) is 5.26 Å². The van der Waals surface area contributed by atoms with Crippen LogP contribution in [0.2, 0.25) is 0 Å². The Hall–Kier alpha value is -2.13. The van der Waals surface area contributed by atoms with Crippen LogP contribution in [-0.4, -0.2) is 29.8 Å². The number of nitrogens with zero attached hydrogens (tertiary/aromatic N) is 2. The molecule has 0 unspecified atom stereocenters. The lowest BCUT2D eigenvalue weighted by Crippen LogP contribution is -2.09. The highest BCUT2D eigenvalue weighted by Gasteiger charge is 2.16. The van der Waals surface area contributed by atoms with Crippen LogP contribution in [0.5, 0.6) is 0 Å². The number of allylic oxidation sites excluding steroid dienone is 1. The molecule has 0 aliphatic rings. The summed E-state index contributed by atoms with van der Waals surface area (Å²) in [5, 5.41) is 9.60. The number of ketones is 1. The van der Waals surface area contributed by atoms with Gasteiger partial charge < -0.3 is 9.88 Å². The van der Waals surface area contributed by atoms with E-state index in [2.05, 4.69) is 20.9 Å². The summed E-state index contributed by atoms with van der Waals surface area (Å²) in [4.78, 5) is 16.7. The van der Waals surface area contributed by atoms with Gasteiger partial charge in [0.15, 0.2) is 0 Å². The summed E-state index contributed by atoms with van der Waals surface area (Å²) in [6.07, 6.45) is 1.45. The number of hydrogen-bond donors (Lipinski definition) is 1. The van der Waals surface area contributed by atoms with Gasteiger partial charge >= 0.3 is 0 Å². The highest BCUT2D eigenvalue weighted by atomic mass is 79.9. The van der Waals surface area contributed by atoms with Crippen LogP contribution in [0, 0.1) is 17.1 Å². The predicted octanol–water partition coefficient (Wildman–Crippen LogP) is 3.22. The number of halogens is 2. The average molecular weight is 336 g/mol. The van der Waals surface area contributed by atoms with Crippen LogP contribution in [0.1, 0.15) is 10.5 Å². The minimum absolute atomic E-state index is 0.0149. The van der Waals surface area contributed by atoms with E-state index >= 15 is 0 Å². The quantitative estimate of drug-likeness (QED) is 0.532. The van der Waals surface area contributed by atoms with Crippen molar-refractivity contribution >= 4 is 32.6 Å². The fraction of sp³-hybridized carbons (Fsp3) is 0.143. The van der Waals surface area contributed by atoms with Crippen molar-refractivity contribution in [2.24, 2.45) is 0 Å². The van der Waals surface area contributed by atoms with Crippen molar-refractivity contribution < 1.29 is 9.18 Å². The Kier molecular flexibility index (Phi) is 3.91. The lowest BCUT2D eigenvalue weighted by molar-refractivity contribution is 0.103. The summed E-state index contributed by atoms with van der Waals surface area (Å²) in [6.45, 7) is 0. The fourth-order valence-electron chi connectivity index (χ4n) is 1.79.